The average Bonchev–Trinajstić information content (AvgIpc) is 2.98. The fourth-order valence-electron chi connectivity index (χ4n) is 1.81. The number of aryl methyl sites for hydroxylation is 2. The molecule has 2 rings (SSSR count). The van der Waals surface area contributed by atoms with Crippen molar-refractivity contribution in [1.29, 1.82) is 0 Å². The Kier molecular flexibility index (Phi) is 4.15. The second-order valence-corrected chi connectivity index (χ2v) is 5.10. The van der Waals surface area contributed by atoms with Crippen molar-refractivity contribution < 1.29 is 4.79 Å². The van der Waals surface area contributed by atoms with E-state index in [1.54, 1.807) is 16.0 Å². The van der Waals surface area contributed by atoms with Crippen molar-refractivity contribution in [3.05, 3.63) is 39.8 Å². The first kappa shape index (κ1) is 12.8. The van der Waals surface area contributed by atoms with Crippen molar-refractivity contribution in [3.8, 4) is 0 Å². The largest absolute Gasteiger partial charge is 0.350 e. The molecule has 0 aliphatic rings. The molecule has 0 saturated heterocycles. The van der Waals surface area contributed by atoms with Gasteiger partial charge in [0.2, 0.25) is 0 Å². The molecule has 0 bridgehead atoms. The van der Waals surface area contributed by atoms with Crippen LogP contribution in [0, 0.1) is 6.92 Å². The first-order chi connectivity index (χ1) is 8.70. The molecule has 2 aromatic rings. The Balaban J connectivity index is 1.91. The van der Waals surface area contributed by atoms with Gasteiger partial charge in [-0.25, -0.2) is 0 Å². The summed E-state index contributed by atoms with van der Waals surface area (Å²) in [7, 11) is 0. The maximum Gasteiger partial charge on any atom is 0.269 e. The van der Waals surface area contributed by atoms with Crippen molar-refractivity contribution in [3.63, 3.8) is 0 Å². The fraction of sp³-hybridized carbons (Fsp3) is 0.385. The van der Waals surface area contributed by atoms with Gasteiger partial charge in [0.05, 0.1) is 5.69 Å². The summed E-state index contributed by atoms with van der Waals surface area (Å²) in [5.41, 5.74) is 1.52. The summed E-state index contributed by atoms with van der Waals surface area (Å²) < 4.78 is 1.73. The van der Waals surface area contributed by atoms with Gasteiger partial charge in [0.25, 0.3) is 5.91 Å². The number of aromatic nitrogens is 2. The quantitative estimate of drug-likeness (QED) is 0.899. The van der Waals surface area contributed by atoms with Gasteiger partial charge in [-0.1, -0.05) is 6.07 Å². The number of rotatable bonds is 5. The molecular formula is C13H17N3OS. The van der Waals surface area contributed by atoms with Crippen LogP contribution in [-0.4, -0.2) is 22.2 Å². The third kappa shape index (κ3) is 2.98. The van der Waals surface area contributed by atoms with Crippen molar-refractivity contribution >= 4 is 17.2 Å². The zero-order valence-electron chi connectivity index (χ0n) is 10.6. The van der Waals surface area contributed by atoms with Gasteiger partial charge in [-0.15, -0.1) is 11.3 Å². The topological polar surface area (TPSA) is 46.9 Å². The van der Waals surface area contributed by atoms with E-state index < -0.39 is 0 Å². The highest BCUT2D eigenvalue weighted by atomic mass is 32.1. The molecule has 5 heteroatoms. The fourth-order valence-corrected chi connectivity index (χ4v) is 2.52. The normalized spacial score (nSPS) is 10.6. The summed E-state index contributed by atoms with van der Waals surface area (Å²) >= 11 is 1.71. The smallest absolute Gasteiger partial charge is 0.269 e. The molecule has 0 unspecified atom stereocenters. The molecule has 18 heavy (non-hydrogen) atoms. The van der Waals surface area contributed by atoms with Gasteiger partial charge in [-0.2, -0.15) is 5.10 Å². The van der Waals surface area contributed by atoms with E-state index in [9.17, 15) is 4.79 Å². The van der Waals surface area contributed by atoms with Gasteiger partial charge in [-0.05, 0) is 37.8 Å². The lowest BCUT2D eigenvalue weighted by Gasteiger charge is -2.05. The molecule has 1 amide bonds. The average molecular weight is 263 g/mol. The number of nitrogens with zero attached hydrogens (tertiary/aromatic N) is 2. The highest BCUT2D eigenvalue weighted by Crippen LogP contribution is 2.08. The van der Waals surface area contributed by atoms with Crippen LogP contribution >= 0.6 is 11.3 Å². The van der Waals surface area contributed by atoms with Crippen molar-refractivity contribution in [2.75, 3.05) is 6.54 Å². The van der Waals surface area contributed by atoms with Gasteiger partial charge in [0, 0.05) is 18.0 Å². The number of carbonyl (C=O) groups excluding carboxylic acids is 1. The standard InChI is InChI=1S/C13H17N3OS/c1-3-16-12(9-10(2)15-16)13(17)14-7-6-11-5-4-8-18-11/h4-5,8-9H,3,6-7H2,1-2H3,(H,14,17). The number of nitrogens with one attached hydrogen (secondary N) is 1. The van der Waals surface area contributed by atoms with E-state index in [1.807, 2.05) is 31.4 Å². The maximum atomic E-state index is 12.0. The number of thiophene rings is 1. The Hall–Kier alpha value is -1.62. The SMILES string of the molecule is CCn1nc(C)cc1C(=O)NCCc1cccs1. The third-order valence-corrected chi connectivity index (χ3v) is 3.61. The van der Waals surface area contributed by atoms with Crippen molar-refractivity contribution in [2.45, 2.75) is 26.8 Å². The molecule has 0 fully saturated rings. The Morgan fingerprint density at radius 2 is 2.39 bits per heavy atom. The third-order valence-electron chi connectivity index (χ3n) is 2.67. The minimum atomic E-state index is -0.0472. The van der Waals surface area contributed by atoms with Gasteiger partial charge < -0.3 is 5.32 Å². The van der Waals surface area contributed by atoms with Crippen LogP contribution in [0.1, 0.15) is 28.0 Å². The Morgan fingerprint density at radius 1 is 1.56 bits per heavy atom. The number of hydrogen-bond acceptors (Lipinski definition) is 3. The molecule has 0 spiro atoms. The van der Waals surface area contributed by atoms with Crippen molar-refractivity contribution in [2.24, 2.45) is 0 Å². The van der Waals surface area contributed by atoms with E-state index in [1.165, 1.54) is 4.88 Å². The minimum Gasteiger partial charge on any atom is -0.350 e. The first-order valence-corrected chi connectivity index (χ1v) is 6.93. The molecule has 2 aromatic heterocycles. The molecule has 0 aliphatic carbocycles. The van der Waals surface area contributed by atoms with Gasteiger partial charge in [-0.3, -0.25) is 9.48 Å². The Labute approximate surface area is 111 Å². The van der Waals surface area contributed by atoms with E-state index in [0.29, 0.717) is 18.8 Å². The second-order valence-electron chi connectivity index (χ2n) is 4.07. The van der Waals surface area contributed by atoms with Gasteiger partial charge >= 0.3 is 0 Å². The van der Waals surface area contributed by atoms with E-state index in [0.717, 1.165) is 12.1 Å². The summed E-state index contributed by atoms with van der Waals surface area (Å²) in [5, 5.41) is 9.25. The molecule has 4 nitrogen and oxygen atoms in total. The molecular weight excluding hydrogens is 246 g/mol. The van der Waals surface area contributed by atoms with E-state index >= 15 is 0 Å². The zero-order chi connectivity index (χ0) is 13.0. The first-order valence-electron chi connectivity index (χ1n) is 6.05. The van der Waals surface area contributed by atoms with Crippen LogP contribution in [0.5, 0.6) is 0 Å². The summed E-state index contributed by atoms with van der Waals surface area (Å²) in [6.07, 6.45) is 0.878. The second kappa shape index (κ2) is 5.82. The monoisotopic (exact) mass is 263 g/mol. The lowest BCUT2D eigenvalue weighted by Crippen LogP contribution is -2.27. The highest BCUT2D eigenvalue weighted by molar-refractivity contribution is 7.09. The zero-order valence-corrected chi connectivity index (χ0v) is 11.5. The maximum absolute atomic E-state index is 12.0. The predicted octanol–water partition coefficient (Wildman–Crippen LogP) is 2.25. The van der Waals surface area contributed by atoms with Crippen LogP contribution in [0.25, 0.3) is 0 Å². The summed E-state index contributed by atoms with van der Waals surface area (Å²) in [4.78, 5) is 13.3. The van der Waals surface area contributed by atoms with Crippen LogP contribution in [0.15, 0.2) is 23.6 Å². The van der Waals surface area contributed by atoms with Crippen LogP contribution in [0.4, 0.5) is 0 Å². The van der Waals surface area contributed by atoms with E-state index in [2.05, 4.69) is 16.5 Å². The predicted molar refractivity (Wildman–Crippen MR) is 73.0 cm³/mol. The van der Waals surface area contributed by atoms with Crippen LogP contribution in [0.3, 0.4) is 0 Å². The molecule has 1 N–H and O–H groups in total. The summed E-state index contributed by atoms with van der Waals surface area (Å²) in [5.74, 6) is -0.0472. The lowest BCUT2D eigenvalue weighted by molar-refractivity contribution is 0.0943. The summed E-state index contributed by atoms with van der Waals surface area (Å²) in [6, 6.07) is 5.93. The van der Waals surface area contributed by atoms with Crippen molar-refractivity contribution in [1.82, 2.24) is 15.1 Å². The number of hydrogen-bond donors (Lipinski definition) is 1. The molecule has 96 valence electrons. The Morgan fingerprint density at radius 3 is 3.06 bits per heavy atom. The van der Waals surface area contributed by atoms with E-state index in [4.69, 9.17) is 0 Å². The molecule has 0 saturated carbocycles. The highest BCUT2D eigenvalue weighted by Gasteiger charge is 2.12. The molecule has 0 radical (unpaired) electrons. The van der Waals surface area contributed by atoms with Crippen LogP contribution < -0.4 is 5.32 Å². The van der Waals surface area contributed by atoms with Crippen LogP contribution in [-0.2, 0) is 13.0 Å². The molecule has 0 atom stereocenters. The summed E-state index contributed by atoms with van der Waals surface area (Å²) in [6.45, 7) is 5.25. The van der Waals surface area contributed by atoms with Crippen LogP contribution in [0.2, 0.25) is 0 Å². The molecule has 0 aliphatic heterocycles. The molecule has 2 heterocycles. The molecule has 0 aromatic carbocycles. The minimum absolute atomic E-state index is 0.0472. The van der Waals surface area contributed by atoms with Gasteiger partial charge in [0.15, 0.2) is 0 Å². The van der Waals surface area contributed by atoms with Gasteiger partial charge in [0.1, 0.15) is 5.69 Å². The van der Waals surface area contributed by atoms with E-state index in [-0.39, 0.29) is 5.91 Å². The lowest BCUT2D eigenvalue weighted by atomic mass is 10.3. The number of carbonyl (C=O) groups is 1. The number of amides is 1. The Bertz CT molecular complexity index is 516.